The van der Waals surface area contributed by atoms with Crippen LogP contribution >= 0.6 is 11.8 Å². The summed E-state index contributed by atoms with van der Waals surface area (Å²) >= 11 is 1.40. The molecule has 0 spiro atoms. The quantitative estimate of drug-likeness (QED) is 0.367. The second-order valence-corrected chi connectivity index (χ2v) is 7.38. The molecule has 8 heteroatoms. The van der Waals surface area contributed by atoms with Gasteiger partial charge in [-0.05, 0) is 48.9 Å². The molecule has 4 rings (SSSR count). The zero-order valence-corrected chi connectivity index (χ0v) is 16.2. The Kier molecular flexibility index (Phi) is 5.19. The maximum Gasteiger partial charge on any atom is 0.416 e. The average Bonchev–Trinajstić information content (AvgIpc) is 3.36. The molecule has 2 heterocycles. The zero-order chi connectivity index (χ0) is 20.4. The van der Waals surface area contributed by atoms with Gasteiger partial charge in [0, 0.05) is 11.4 Å². The van der Waals surface area contributed by atoms with Crippen LogP contribution < -0.4 is 0 Å². The summed E-state index contributed by atoms with van der Waals surface area (Å²) in [5.41, 5.74) is 2.11. The van der Waals surface area contributed by atoms with E-state index in [-0.39, 0.29) is 0 Å². The molecular weight excluding hydrogens is 399 g/mol. The molecule has 29 heavy (non-hydrogen) atoms. The van der Waals surface area contributed by atoms with Crippen molar-refractivity contribution >= 4 is 11.8 Å². The van der Waals surface area contributed by atoms with Crippen LogP contribution in [0.4, 0.5) is 13.2 Å². The van der Waals surface area contributed by atoms with Crippen molar-refractivity contribution in [3.63, 3.8) is 0 Å². The Labute approximate surface area is 169 Å². The van der Waals surface area contributed by atoms with Gasteiger partial charge < -0.3 is 4.42 Å². The summed E-state index contributed by atoms with van der Waals surface area (Å²) in [6.07, 6.45) is -2.77. The molecule has 0 aliphatic rings. The number of nitrogens with zero attached hydrogens (tertiary/aromatic N) is 3. The molecule has 2 aromatic carbocycles. The van der Waals surface area contributed by atoms with Crippen LogP contribution in [0, 0.1) is 6.92 Å². The normalized spacial score (nSPS) is 11.7. The number of aryl methyl sites for hydroxylation is 1. The van der Waals surface area contributed by atoms with E-state index in [2.05, 4.69) is 10.2 Å². The van der Waals surface area contributed by atoms with Gasteiger partial charge in [-0.3, -0.25) is 4.57 Å². The van der Waals surface area contributed by atoms with E-state index in [1.165, 1.54) is 23.9 Å². The number of benzene rings is 2. The molecule has 0 amide bonds. The lowest BCUT2D eigenvalue weighted by Crippen LogP contribution is -2.04. The largest absolute Gasteiger partial charge is 0.461 e. The fourth-order valence-electron chi connectivity index (χ4n) is 2.79. The van der Waals surface area contributed by atoms with Gasteiger partial charge in [-0.25, -0.2) is 0 Å². The van der Waals surface area contributed by atoms with Crippen molar-refractivity contribution in [2.75, 3.05) is 0 Å². The first-order chi connectivity index (χ1) is 13.9. The number of hydrogen-bond acceptors (Lipinski definition) is 4. The highest BCUT2D eigenvalue weighted by Crippen LogP contribution is 2.32. The van der Waals surface area contributed by atoms with Gasteiger partial charge in [0.25, 0.3) is 0 Å². The van der Waals surface area contributed by atoms with Crippen LogP contribution in [0.15, 0.2) is 76.5 Å². The SMILES string of the molecule is Cc1ccc(-n2c(SCc3ccc(C(F)(F)F)cc3)nnc2-c2ccco2)cc1. The molecule has 0 aliphatic heterocycles. The molecule has 0 saturated carbocycles. The van der Waals surface area contributed by atoms with Crippen LogP contribution in [-0.2, 0) is 11.9 Å². The van der Waals surface area contributed by atoms with E-state index in [9.17, 15) is 13.2 Å². The Balaban J connectivity index is 1.63. The van der Waals surface area contributed by atoms with Crippen LogP contribution in [0.3, 0.4) is 0 Å². The summed E-state index contributed by atoms with van der Waals surface area (Å²) in [4.78, 5) is 0. The maximum atomic E-state index is 12.7. The van der Waals surface area contributed by atoms with Gasteiger partial charge in [-0.15, -0.1) is 10.2 Å². The first-order valence-corrected chi connectivity index (χ1v) is 9.75. The Morgan fingerprint density at radius 1 is 0.966 bits per heavy atom. The molecule has 0 atom stereocenters. The van der Waals surface area contributed by atoms with E-state index >= 15 is 0 Å². The molecule has 4 nitrogen and oxygen atoms in total. The predicted molar refractivity (Wildman–Crippen MR) is 105 cm³/mol. The fourth-order valence-corrected chi connectivity index (χ4v) is 3.70. The zero-order valence-electron chi connectivity index (χ0n) is 15.3. The molecule has 2 aromatic heterocycles. The third-order valence-electron chi connectivity index (χ3n) is 4.32. The van der Waals surface area contributed by atoms with Gasteiger partial charge in [0.15, 0.2) is 10.9 Å². The average molecular weight is 415 g/mol. The van der Waals surface area contributed by atoms with Gasteiger partial charge in [-0.2, -0.15) is 13.2 Å². The van der Waals surface area contributed by atoms with Crippen LogP contribution in [0.25, 0.3) is 17.3 Å². The van der Waals surface area contributed by atoms with Gasteiger partial charge in [0.1, 0.15) is 0 Å². The van der Waals surface area contributed by atoms with Crippen molar-refractivity contribution < 1.29 is 17.6 Å². The number of hydrogen-bond donors (Lipinski definition) is 0. The van der Waals surface area contributed by atoms with Crippen molar-refractivity contribution in [3.05, 3.63) is 83.6 Å². The minimum atomic E-state index is -4.34. The number of halogens is 3. The summed E-state index contributed by atoms with van der Waals surface area (Å²) in [6, 6.07) is 16.6. The lowest BCUT2D eigenvalue weighted by atomic mass is 10.1. The Morgan fingerprint density at radius 2 is 1.69 bits per heavy atom. The van der Waals surface area contributed by atoms with Crippen LogP contribution in [0.2, 0.25) is 0 Å². The summed E-state index contributed by atoms with van der Waals surface area (Å²) in [5, 5.41) is 9.17. The summed E-state index contributed by atoms with van der Waals surface area (Å²) in [6.45, 7) is 2.00. The first kappa shape index (κ1) is 19.3. The van der Waals surface area contributed by atoms with Crippen LogP contribution in [0.1, 0.15) is 16.7 Å². The number of furan rings is 1. The van der Waals surface area contributed by atoms with E-state index in [0.717, 1.165) is 28.9 Å². The molecular formula is C21H16F3N3OS. The van der Waals surface area contributed by atoms with Gasteiger partial charge in [-0.1, -0.05) is 41.6 Å². The molecule has 0 bridgehead atoms. The third-order valence-corrected chi connectivity index (χ3v) is 5.32. The van der Waals surface area contributed by atoms with Crippen molar-refractivity contribution in [1.82, 2.24) is 14.8 Å². The number of aromatic nitrogens is 3. The highest BCUT2D eigenvalue weighted by atomic mass is 32.2. The minimum Gasteiger partial charge on any atom is -0.461 e. The van der Waals surface area contributed by atoms with Crippen molar-refractivity contribution in [2.24, 2.45) is 0 Å². The monoisotopic (exact) mass is 415 g/mol. The standard InChI is InChI=1S/C21H16F3N3OS/c1-14-4-10-17(11-5-14)27-19(18-3-2-12-28-18)25-26-20(27)29-13-15-6-8-16(9-7-15)21(22,23)24/h2-12H,13H2,1H3. The second-order valence-electron chi connectivity index (χ2n) is 6.44. The van der Waals surface area contributed by atoms with Gasteiger partial charge >= 0.3 is 6.18 Å². The van der Waals surface area contributed by atoms with Crippen LogP contribution in [-0.4, -0.2) is 14.8 Å². The molecule has 0 saturated heterocycles. The number of rotatable bonds is 5. The summed E-state index contributed by atoms with van der Waals surface area (Å²) in [5.74, 6) is 1.61. The van der Waals surface area contributed by atoms with E-state index < -0.39 is 11.7 Å². The molecule has 0 aliphatic carbocycles. The molecule has 0 N–H and O–H groups in total. The first-order valence-electron chi connectivity index (χ1n) is 8.77. The highest BCUT2D eigenvalue weighted by Gasteiger charge is 2.30. The Bertz CT molecular complexity index is 1090. The van der Waals surface area contributed by atoms with Crippen molar-refractivity contribution in [1.29, 1.82) is 0 Å². The second kappa shape index (κ2) is 7.79. The number of alkyl halides is 3. The lowest BCUT2D eigenvalue weighted by molar-refractivity contribution is -0.137. The molecule has 0 fully saturated rings. The fraction of sp³-hybridized carbons (Fsp3) is 0.143. The Morgan fingerprint density at radius 3 is 2.31 bits per heavy atom. The highest BCUT2D eigenvalue weighted by molar-refractivity contribution is 7.98. The molecule has 4 aromatic rings. The maximum absolute atomic E-state index is 12.7. The van der Waals surface area contributed by atoms with Crippen LogP contribution in [0.5, 0.6) is 0 Å². The van der Waals surface area contributed by atoms with E-state index in [0.29, 0.717) is 22.5 Å². The summed E-state index contributed by atoms with van der Waals surface area (Å²) < 4.78 is 45.6. The van der Waals surface area contributed by atoms with Crippen molar-refractivity contribution in [3.8, 4) is 17.3 Å². The summed E-state index contributed by atoms with van der Waals surface area (Å²) in [7, 11) is 0. The topological polar surface area (TPSA) is 43.9 Å². The predicted octanol–water partition coefficient (Wildman–Crippen LogP) is 6.15. The van der Waals surface area contributed by atoms with E-state index in [1.54, 1.807) is 18.4 Å². The van der Waals surface area contributed by atoms with Gasteiger partial charge in [0.05, 0.1) is 11.8 Å². The number of thioether (sulfide) groups is 1. The molecule has 148 valence electrons. The van der Waals surface area contributed by atoms with Gasteiger partial charge in [0.2, 0.25) is 5.82 Å². The minimum absolute atomic E-state index is 0.459. The Hall–Kier alpha value is -3.00. The van der Waals surface area contributed by atoms with E-state index in [4.69, 9.17) is 4.42 Å². The lowest BCUT2D eigenvalue weighted by Gasteiger charge is -2.10. The third kappa shape index (κ3) is 4.22. The van der Waals surface area contributed by atoms with Crippen molar-refractivity contribution in [2.45, 2.75) is 24.0 Å². The molecule has 0 unspecified atom stereocenters. The molecule has 0 radical (unpaired) electrons. The van der Waals surface area contributed by atoms with E-state index in [1.807, 2.05) is 35.8 Å². The smallest absolute Gasteiger partial charge is 0.416 e.